The van der Waals surface area contributed by atoms with Gasteiger partial charge in [0, 0.05) is 35.1 Å². The van der Waals surface area contributed by atoms with Gasteiger partial charge in [-0.2, -0.15) is 18.2 Å². The Hall–Kier alpha value is -4.97. The number of carbonyl (C=O) groups excluding carboxylic acids is 1. The first-order valence-electron chi connectivity index (χ1n) is 12.4. The smallest absolute Gasteiger partial charge is 0.416 e. The van der Waals surface area contributed by atoms with E-state index in [2.05, 4.69) is 20.4 Å². The van der Waals surface area contributed by atoms with Gasteiger partial charge in [0.15, 0.2) is 11.5 Å². The Kier molecular flexibility index (Phi) is 7.81. The Morgan fingerprint density at radius 1 is 0.929 bits per heavy atom. The summed E-state index contributed by atoms with van der Waals surface area (Å²) in [5, 5.41) is 16.6. The van der Waals surface area contributed by atoms with Crippen molar-refractivity contribution in [2.24, 2.45) is 0 Å². The van der Waals surface area contributed by atoms with Crippen molar-refractivity contribution in [2.75, 3.05) is 0 Å². The summed E-state index contributed by atoms with van der Waals surface area (Å²) in [6.45, 7) is 1.64. The lowest BCUT2D eigenvalue weighted by molar-refractivity contribution is -0.139. The molecule has 0 saturated heterocycles. The van der Waals surface area contributed by atoms with Crippen LogP contribution < -0.4 is 5.32 Å². The van der Waals surface area contributed by atoms with Crippen LogP contribution >= 0.6 is 11.6 Å². The SMILES string of the molecule is Cc1nc(-c2ccc(-c3oc(-c4ccc(C(F)(F)F)cc4)nc3C(=O)NC(Cc3ccc(Cl)cc3)C(=O)O)cc2)no1. The summed E-state index contributed by atoms with van der Waals surface area (Å²) in [6, 6.07) is 15.8. The predicted molar refractivity (Wildman–Crippen MR) is 144 cm³/mol. The average molecular weight is 597 g/mol. The molecule has 3 aromatic carbocycles. The van der Waals surface area contributed by atoms with E-state index in [0.29, 0.717) is 33.4 Å². The Balaban J connectivity index is 1.50. The molecule has 0 radical (unpaired) electrons. The molecule has 0 aliphatic rings. The number of halogens is 4. The minimum atomic E-state index is -4.54. The number of aliphatic carboxylic acids is 1. The Labute approximate surface area is 241 Å². The number of hydrogen-bond acceptors (Lipinski definition) is 7. The summed E-state index contributed by atoms with van der Waals surface area (Å²) in [6.07, 6.45) is -4.59. The molecule has 0 aliphatic carbocycles. The van der Waals surface area contributed by atoms with Crippen molar-refractivity contribution in [1.29, 1.82) is 0 Å². The van der Waals surface area contributed by atoms with Gasteiger partial charge in [-0.1, -0.05) is 53.2 Å². The van der Waals surface area contributed by atoms with E-state index in [9.17, 15) is 27.9 Å². The van der Waals surface area contributed by atoms with Crippen LogP contribution in [0.25, 0.3) is 34.2 Å². The molecule has 2 aromatic heterocycles. The molecule has 0 fully saturated rings. The summed E-state index contributed by atoms with van der Waals surface area (Å²) in [4.78, 5) is 33.8. The first-order chi connectivity index (χ1) is 20.0. The van der Waals surface area contributed by atoms with Crippen LogP contribution in [0.1, 0.15) is 27.5 Å². The van der Waals surface area contributed by atoms with Gasteiger partial charge in [0.25, 0.3) is 5.91 Å². The first-order valence-corrected chi connectivity index (χ1v) is 12.7. The van der Waals surface area contributed by atoms with E-state index in [4.69, 9.17) is 20.5 Å². The number of carboxylic acids is 1. The molecule has 0 aliphatic heterocycles. The number of benzene rings is 3. The Morgan fingerprint density at radius 2 is 1.55 bits per heavy atom. The molecule has 9 nitrogen and oxygen atoms in total. The number of aromatic nitrogens is 3. The van der Waals surface area contributed by atoms with Crippen LogP contribution in [0.3, 0.4) is 0 Å². The molecule has 0 spiro atoms. The molecule has 1 unspecified atom stereocenters. The summed E-state index contributed by atoms with van der Waals surface area (Å²) in [5.41, 5.74) is 0.672. The van der Waals surface area contributed by atoms with Crippen LogP contribution in [-0.4, -0.2) is 38.1 Å². The zero-order valence-electron chi connectivity index (χ0n) is 21.6. The van der Waals surface area contributed by atoms with Crippen molar-refractivity contribution in [2.45, 2.75) is 25.6 Å². The highest BCUT2D eigenvalue weighted by Crippen LogP contribution is 2.34. The lowest BCUT2D eigenvalue weighted by Gasteiger charge is -2.14. The third-order valence-electron chi connectivity index (χ3n) is 6.19. The number of nitrogens with zero attached hydrogens (tertiary/aromatic N) is 3. The van der Waals surface area contributed by atoms with Crippen LogP contribution in [0.15, 0.2) is 81.7 Å². The quantitative estimate of drug-likeness (QED) is 0.208. The van der Waals surface area contributed by atoms with Gasteiger partial charge in [0.05, 0.1) is 5.56 Å². The lowest BCUT2D eigenvalue weighted by Crippen LogP contribution is -2.42. The number of hydrogen-bond donors (Lipinski definition) is 2. The molecule has 2 heterocycles. The molecule has 5 rings (SSSR count). The molecule has 214 valence electrons. The van der Waals surface area contributed by atoms with Crippen molar-refractivity contribution < 1.29 is 36.8 Å². The molecular weight excluding hydrogens is 577 g/mol. The Morgan fingerprint density at radius 3 is 2.12 bits per heavy atom. The van der Waals surface area contributed by atoms with Gasteiger partial charge in [0.1, 0.15) is 6.04 Å². The zero-order chi connectivity index (χ0) is 30.0. The van der Waals surface area contributed by atoms with Crippen LogP contribution in [0.5, 0.6) is 0 Å². The van der Waals surface area contributed by atoms with Crippen molar-refractivity contribution in [1.82, 2.24) is 20.4 Å². The maximum absolute atomic E-state index is 13.4. The van der Waals surface area contributed by atoms with Gasteiger partial charge in [-0.05, 0) is 42.0 Å². The van der Waals surface area contributed by atoms with Crippen LogP contribution in [-0.2, 0) is 17.4 Å². The van der Waals surface area contributed by atoms with Crippen LogP contribution in [0.4, 0.5) is 13.2 Å². The number of nitrogens with one attached hydrogen (secondary N) is 1. The molecular formula is C29H20ClF3N4O5. The number of aryl methyl sites for hydroxylation is 1. The topological polar surface area (TPSA) is 131 Å². The number of amides is 1. The second-order valence-corrected chi connectivity index (χ2v) is 9.62. The number of carbonyl (C=O) groups is 2. The summed E-state index contributed by atoms with van der Waals surface area (Å²) < 4.78 is 50.1. The lowest BCUT2D eigenvalue weighted by atomic mass is 10.0. The monoisotopic (exact) mass is 596 g/mol. The van der Waals surface area contributed by atoms with Gasteiger partial charge < -0.3 is 19.4 Å². The normalized spacial score (nSPS) is 12.2. The third kappa shape index (κ3) is 6.33. The van der Waals surface area contributed by atoms with Crippen LogP contribution in [0.2, 0.25) is 5.02 Å². The number of carboxylic acid groups (broad SMARTS) is 1. The van der Waals surface area contributed by atoms with Crippen molar-refractivity contribution in [3.05, 3.63) is 101 Å². The number of alkyl halides is 3. The average Bonchev–Trinajstić information content (AvgIpc) is 3.60. The fraction of sp³-hybridized carbons (Fsp3) is 0.138. The standard InChI is InChI=1S/C29H20ClF3N4O5/c1-15-34-25(37-42-15)18-6-4-17(5-7-18)24-23(36-27(41-24)19-8-10-20(11-9-19)29(31,32)33)26(38)35-22(28(39)40)14-16-2-12-21(30)13-3-16/h2-13,22H,14H2,1H3,(H,35,38)(H,39,40). The second kappa shape index (κ2) is 11.5. The fourth-order valence-corrected chi connectivity index (χ4v) is 4.19. The molecule has 1 amide bonds. The molecule has 2 N–H and O–H groups in total. The summed E-state index contributed by atoms with van der Waals surface area (Å²) >= 11 is 5.91. The molecule has 13 heteroatoms. The third-order valence-corrected chi connectivity index (χ3v) is 6.44. The van der Waals surface area contributed by atoms with E-state index < -0.39 is 29.7 Å². The second-order valence-electron chi connectivity index (χ2n) is 9.18. The highest BCUT2D eigenvalue weighted by molar-refractivity contribution is 6.30. The van der Waals surface area contributed by atoms with Gasteiger partial charge in [-0.15, -0.1) is 0 Å². The summed E-state index contributed by atoms with van der Waals surface area (Å²) in [5.74, 6) is -1.58. The molecule has 5 aromatic rings. The minimum Gasteiger partial charge on any atom is -0.480 e. The first kappa shape index (κ1) is 28.6. The maximum Gasteiger partial charge on any atom is 0.416 e. The summed E-state index contributed by atoms with van der Waals surface area (Å²) in [7, 11) is 0. The van der Waals surface area contributed by atoms with Crippen molar-refractivity contribution >= 4 is 23.5 Å². The zero-order valence-corrected chi connectivity index (χ0v) is 22.4. The van der Waals surface area contributed by atoms with E-state index in [0.717, 1.165) is 12.1 Å². The van der Waals surface area contributed by atoms with Crippen molar-refractivity contribution in [3.63, 3.8) is 0 Å². The maximum atomic E-state index is 13.4. The van der Waals surface area contributed by atoms with E-state index in [1.165, 1.54) is 12.1 Å². The van der Waals surface area contributed by atoms with Crippen molar-refractivity contribution in [3.8, 4) is 34.2 Å². The van der Waals surface area contributed by atoms with Crippen LogP contribution in [0, 0.1) is 6.92 Å². The van der Waals surface area contributed by atoms with E-state index in [1.54, 1.807) is 55.5 Å². The molecule has 1 atom stereocenters. The highest BCUT2D eigenvalue weighted by atomic mass is 35.5. The predicted octanol–water partition coefficient (Wildman–Crippen LogP) is 6.46. The molecule has 0 saturated carbocycles. The van der Waals surface area contributed by atoms with E-state index in [-0.39, 0.29) is 29.3 Å². The van der Waals surface area contributed by atoms with Gasteiger partial charge >= 0.3 is 12.1 Å². The fourth-order valence-electron chi connectivity index (χ4n) is 4.06. The minimum absolute atomic E-state index is 0.0196. The van der Waals surface area contributed by atoms with E-state index in [1.807, 2.05) is 0 Å². The van der Waals surface area contributed by atoms with E-state index >= 15 is 0 Å². The molecule has 42 heavy (non-hydrogen) atoms. The number of rotatable bonds is 8. The van der Waals surface area contributed by atoms with Gasteiger partial charge in [-0.25, -0.2) is 9.78 Å². The Bertz CT molecular complexity index is 1730. The molecule has 0 bridgehead atoms. The van der Waals surface area contributed by atoms with Gasteiger partial charge in [0.2, 0.25) is 17.6 Å². The highest BCUT2D eigenvalue weighted by Gasteiger charge is 2.31. The largest absolute Gasteiger partial charge is 0.480 e. The number of oxazole rings is 1. The van der Waals surface area contributed by atoms with Gasteiger partial charge in [-0.3, -0.25) is 4.79 Å².